The molecule has 0 fully saturated rings. The van der Waals surface area contributed by atoms with E-state index in [1.165, 1.54) is 19.8 Å². The Bertz CT molecular complexity index is 670. The van der Waals surface area contributed by atoms with Gasteiger partial charge in [-0.25, -0.2) is 4.98 Å². The van der Waals surface area contributed by atoms with Gasteiger partial charge in [-0.15, -0.1) is 0 Å². The quantitative estimate of drug-likeness (QED) is 0.636. The highest BCUT2D eigenvalue weighted by Crippen LogP contribution is 2.18. The molecule has 2 rings (SSSR count). The van der Waals surface area contributed by atoms with Gasteiger partial charge in [0.05, 0.1) is 0 Å². The van der Waals surface area contributed by atoms with Gasteiger partial charge in [-0.2, -0.15) is 4.98 Å². The van der Waals surface area contributed by atoms with E-state index in [1.54, 1.807) is 0 Å². The number of nitrogens with one attached hydrogen (secondary N) is 3. The van der Waals surface area contributed by atoms with Gasteiger partial charge < -0.3 is 16.0 Å². The lowest BCUT2D eigenvalue weighted by atomic mass is 10.2. The lowest BCUT2D eigenvalue weighted by Crippen LogP contribution is -2.07. The Morgan fingerprint density at radius 1 is 1.08 bits per heavy atom. The van der Waals surface area contributed by atoms with E-state index < -0.39 is 0 Å². The summed E-state index contributed by atoms with van der Waals surface area (Å²) in [6, 6.07) is 9.38. The Kier molecular flexibility index (Phi) is 6.54. The first kappa shape index (κ1) is 17.7. The summed E-state index contributed by atoms with van der Waals surface area (Å²) < 4.78 is 0. The van der Waals surface area contributed by atoms with E-state index in [2.05, 4.69) is 32.8 Å². The second kappa shape index (κ2) is 8.86. The Morgan fingerprint density at radius 3 is 2.46 bits per heavy atom. The molecule has 2 aromatic rings. The van der Waals surface area contributed by atoms with Crippen LogP contribution in [0.5, 0.6) is 0 Å². The van der Waals surface area contributed by atoms with Gasteiger partial charge in [-0.1, -0.05) is 19.8 Å². The molecule has 0 aliphatic heterocycles. The highest BCUT2D eigenvalue weighted by molar-refractivity contribution is 5.88. The number of aryl methyl sites for hydroxylation is 1. The first-order valence-electron chi connectivity index (χ1n) is 8.31. The van der Waals surface area contributed by atoms with Crippen molar-refractivity contribution in [1.82, 2.24) is 9.97 Å². The molecule has 0 spiro atoms. The van der Waals surface area contributed by atoms with Crippen molar-refractivity contribution in [2.75, 3.05) is 22.5 Å². The molecule has 0 saturated heterocycles. The van der Waals surface area contributed by atoms with Crippen LogP contribution in [0.3, 0.4) is 0 Å². The van der Waals surface area contributed by atoms with E-state index in [1.807, 2.05) is 37.3 Å². The minimum absolute atomic E-state index is 0.0866. The zero-order valence-electron chi connectivity index (χ0n) is 14.5. The summed E-state index contributed by atoms with van der Waals surface area (Å²) >= 11 is 0. The molecule has 0 aliphatic rings. The molecule has 6 nitrogen and oxygen atoms in total. The number of aromatic nitrogens is 2. The van der Waals surface area contributed by atoms with E-state index in [0.29, 0.717) is 5.95 Å². The Labute approximate surface area is 143 Å². The lowest BCUT2D eigenvalue weighted by Gasteiger charge is -2.10. The molecule has 0 bridgehead atoms. The number of hydrogen-bond donors (Lipinski definition) is 3. The van der Waals surface area contributed by atoms with Gasteiger partial charge in [0.25, 0.3) is 0 Å². The smallest absolute Gasteiger partial charge is 0.229 e. The minimum atomic E-state index is -0.0866. The summed E-state index contributed by atoms with van der Waals surface area (Å²) in [6.07, 6.45) is 3.54. The fraction of sp³-hybridized carbons (Fsp3) is 0.389. The van der Waals surface area contributed by atoms with E-state index in [-0.39, 0.29) is 5.91 Å². The maximum atomic E-state index is 11.0. The predicted octanol–water partition coefficient (Wildman–Crippen LogP) is 4.09. The number of benzene rings is 1. The number of unbranched alkanes of at least 4 members (excludes halogenated alkanes) is 2. The molecule has 1 aromatic carbocycles. The molecular formula is C18H25N5O. The molecule has 128 valence electrons. The second-order valence-corrected chi connectivity index (χ2v) is 5.74. The molecule has 1 amide bonds. The number of carbonyl (C=O) groups is 1. The van der Waals surface area contributed by atoms with Crippen molar-refractivity contribution in [3.63, 3.8) is 0 Å². The molecule has 24 heavy (non-hydrogen) atoms. The van der Waals surface area contributed by atoms with Gasteiger partial charge in [0.1, 0.15) is 5.82 Å². The minimum Gasteiger partial charge on any atom is -0.370 e. The fourth-order valence-corrected chi connectivity index (χ4v) is 2.28. The first-order chi connectivity index (χ1) is 11.6. The molecule has 1 aromatic heterocycles. The van der Waals surface area contributed by atoms with Crippen LogP contribution in [-0.4, -0.2) is 22.4 Å². The van der Waals surface area contributed by atoms with Crippen LogP contribution in [0.4, 0.5) is 23.1 Å². The van der Waals surface area contributed by atoms with Crippen molar-refractivity contribution in [1.29, 1.82) is 0 Å². The van der Waals surface area contributed by atoms with Gasteiger partial charge in [0.15, 0.2) is 0 Å². The average molecular weight is 327 g/mol. The summed E-state index contributed by atoms with van der Waals surface area (Å²) in [6.45, 7) is 6.54. The summed E-state index contributed by atoms with van der Waals surface area (Å²) in [5.74, 6) is 1.30. The van der Waals surface area contributed by atoms with Crippen LogP contribution < -0.4 is 16.0 Å². The summed E-state index contributed by atoms with van der Waals surface area (Å²) in [4.78, 5) is 19.9. The van der Waals surface area contributed by atoms with Gasteiger partial charge in [-0.3, -0.25) is 4.79 Å². The largest absolute Gasteiger partial charge is 0.370 e. The number of anilines is 4. The Morgan fingerprint density at radius 2 is 1.79 bits per heavy atom. The van der Waals surface area contributed by atoms with Crippen molar-refractivity contribution in [2.24, 2.45) is 0 Å². The van der Waals surface area contributed by atoms with Crippen LogP contribution >= 0.6 is 0 Å². The number of carbonyl (C=O) groups excluding carboxylic acids is 1. The number of rotatable bonds is 8. The van der Waals surface area contributed by atoms with Crippen LogP contribution in [0.15, 0.2) is 30.3 Å². The molecule has 1 heterocycles. The van der Waals surface area contributed by atoms with Crippen molar-refractivity contribution < 1.29 is 4.79 Å². The van der Waals surface area contributed by atoms with Crippen molar-refractivity contribution in [3.05, 3.63) is 36.0 Å². The number of nitrogens with zero attached hydrogens (tertiary/aromatic N) is 2. The second-order valence-electron chi connectivity index (χ2n) is 5.74. The van der Waals surface area contributed by atoms with E-state index in [9.17, 15) is 4.79 Å². The van der Waals surface area contributed by atoms with E-state index >= 15 is 0 Å². The maximum absolute atomic E-state index is 11.0. The standard InChI is InChI=1S/C18H25N5O/c1-4-5-6-11-19-17-12-13(2)20-18(23-17)22-16-9-7-15(8-10-16)21-14(3)24/h7-10,12H,4-6,11H2,1-3H3,(H,21,24)(H2,19,20,22,23). The number of amides is 1. The third-order valence-electron chi connectivity index (χ3n) is 3.40. The van der Waals surface area contributed by atoms with Crippen LogP contribution in [0.1, 0.15) is 38.8 Å². The lowest BCUT2D eigenvalue weighted by molar-refractivity contribution is -0.114. The van der Waals surface area contributed by atoms with Crippen molar-refractivity contribution in [2.45, 2.75) is 40.0 Å². The van der Waals surface area contributed by atoms with Gasteiger partial charge >= 0.3 is 0 Å². The first-order valence-corrected chi connectivity index (χ1v) is 8.31. The third-order valence-corrected chi connectivity index (χ3v) is 3.40. The Hall–Kier alpha value is -2.63. The fourth-order valence-electron chi connectivity index (χ4n) is 2.28. The zero-order chi connectivity index (χ0) is 17.4. The van der Waals surface area contributed by atoms with Gasteiger partial charge in [0.2, 0.25) is 11.9 Å². The van der Waals surface area contributed by atoms with Crippen LogP contribution in [-0.2, 0) is 4.79 Å². The normalized spacial score (nSPS) is 10.3. The topological polar surface area (TPSA) is 78.9 Å². The van der Waals surface area contributed by atoms with Gasteiger partial charge in [-0.05, 0) is 37.6 Å². The van der Waals surface area contributed by atoms with E-state index in [0.717, 1.165) is 35.9 Å². The molecule has 0 radical (unpaired) electrons. The van der Waals surface area contributed by atoms with Gasteiger partial charge in [0, 0.05) is 36.6 Å². The molecular weight excluding hydrogens is 302 g/mol. The molecule has 0 saturated carbocycles. The zero-order valence-corrected chi connectivity index (χ0v) is 14.5. The monoisotopic (exact) mass is 327 g/mol. The summed E-state index contributed by atoms with van der Waals surface area (Å²) in [7, 11) is 0. The molecule has 6 heteroatoms. The summed E-state index contributed by atoms with van der Waals surface area (Å²) in [5, 5.41) is 9.27. The molecule has 3 N–H and O–H groups in total. The maximum Gasteiger partial charge on any atom is 0.229 e. The molecule has 0 unspecified atom stereocenters. The summed E-state index contributed by atoms with van der Waals surface area (Å²) in [5.41, 5.74) is 2.53. The SMILES string of the molecule is CCCCCNc1cc(C)nc(Nc2ccc(NC(C)=O)cc2)n1. The van der Waals surface area contributed by atoms with Crippen LogP contribution in [0.25, 0.3) is 0 Å². The highest BCUT2D eigenvalue weighted by Gasteiger charge is 2.03. The molecule has 0 atom stereocenters. The average Bonchev–Trinajstić information content (AvgIpc) is 2.52. The van der Waals surface area contributed by atoms with E-state index in [4.69, 9.17) is 0 Å². The highest BCUT2D eigenvalue weighted by atomic mass is 16.1. The Balaban J connectivity index is 2.00. The van der Waals surface area contributed by atoms with Crippen LogP contribution in [0, 0.1) is 6.92 Å². The molecule has 0 aliphatic carbocycles. The van der Waals surface area contributed by atoms with Crippen molar-refractivity contribution in [3.8, 4) is 0 Å². The number of hydrogen-bond acceptors (Lipinski definition) is 5. The van der Waals surface area contributed by atoms with Crippen LogP contribution in [0.2, 0.25) is 0 Å². The predicted molar refractivity (Wildman–Crippen MR) is 98.8 cm³/mol. The third kappa shape index (κ3) is 5.87. The van der Waals surface area contributed by atoms with Crippen molar-refractivity contribution >= 4 is 29.0 Å².